The minimum Gasteiger partial charge on any atom is -0.356 e. The zero-order valence-corrected chi connectivity index (χ0v) is 19.2. The molecule has 3 rings (SSSR count). The van der Waals surface area contributed by atoms with Crippen molar-refractivity contribution in [2.24, 2.45) is 10.9 Å². The average Bonchev–Trinajstić information content (AvgIpc) is 3.08. The van der Waals surface area contributed by atoms with E-state index in [0.717, 1.165) is 37.5 Å². The Labute approximate surface area is 184 Å². The van der Waals surface area contributed by atoms with Gasteiger partial charge >= 0.3 is 0 Å². The molecule has 150 valence electrons. The van der Waals surface area contributed by atoms with Crippen LogP contribution in [0, 0.1) is 5.92 Å². The summed E-state index contributed by atoms with van der Waals surface area (Å²) in [4.78, 5) is 8.74. The van der Waals surface area contributed by atoms with Crippen molar-refractivity contribution >= 4 is 41.0 Å². The molecule has 0 spiro atoms. The van der Waals surface area contributed by atoms with Crippen molar-refractivity contribution in [1.29, 1.82) is 0 Å². The van der Waals surface area contributed by atoms with Crippen molar-refractivity contribution in [3.05, 3.63) is 66.0 Å². The van der Waals surface area contributed by atoms with Gasteiger partial charge in [0.2, 0.25) is 0 Å². The van der Waals surface area contributed by atoms with Gasteiger partial charge in [-0.15, -0.1) is 24.0 Å². The zero-order chi connectivity index (χ0) is 19.1. The lowest BCUT2D eigenvalue weighted by Crippen LogP contribution is -2.37. The number of guanidine groups is 1. The average molecular weight is 491 g/mol. The lowest BCUT2D eigenvalue weighted by atomic mass is 10.1. The van der Waals surface area contributed by atoms with Crippen LogP contribution in [0.1, 0.15) is 31.4 Å². The van der Waals surface area contributed by atoms with E-state index in [1.807, 2.05) is 25.5 Å². The molecule has 0 saturated carbocycles. The highest BCUT2D eigenvalue weighted by molar-refractivity contribution is 14.0. The van der Waals surface area contributed by atoms with E-state index in [9.17, 15) is 0 Å². The number of fused-ring (bicyclic) bond motifs is 1. The summed E-state index contributed by atoms with van der Waals surface area (Å²) >= 11 is 0. The third-order valence-electron chi connectivity index (χ3n) is 4.60. The molecule has 0 fully saturated rings. The maximum absolute atomic E-state index is 4.46. The standard InChI is InChI=1S/C22H29N5.HI/c1-17(2)12-13-24-22(23-3)25-14-18-8-10-19(11-9-18)15-27-16-26-20-6-4-5-7-21(20)27;/h4-11,16-17H,12-15H2,1-3H3,(H2,23,24,25);1H. The van der Waals surface area contributed by atoms with E-state index in [4.69, 9.17) is 0 Å². The van der Waals surface area contributed by atoms with Gasteiger partial charge in [-0.05, 0) is 35.6 Å². The molecule has 2 N–H and O–H groups in total. The van der Waals surface area contributed by atoms with Crippen LogP contribution in [-0.4, -0.2) is 29.1 Å². The predicted molar refractivity (Wildman–Crippen MR) is 128 cm³/mol. The largest absolute Gasteiger partial charge is 0.356 e. The van der Waals surface area contributed by atoms with Gasteiger partial charge in [-0.3, -0.25) is 4.99 Å². The first-order valence-corrected chi connectivity index (χ1v) is 9.58. The van der Waals surface area contributed by atoms with E-state index < -0.39 is 0 Å². The summed E-state index contributed by atoms with van der Waals surface area (Å²) in [6, 6.07) is 16.9. The van der Waals surface area contributed by atoms with Crippen molar-refractivity contribution < 1.29 is 0 Å². The van der Waals surface area contributed by atoms with Crippen molar-refractivity contribution in [2.45, 2.75) is 33.4 Å². The first-order chi connectivity index (χ1) is 13.2. The van der Waals surface area contributed by atoms with Gasteiger partial charge in [0.15, 0.2) is 5.96 Å². The molecule has 28 heavy (non-hydrogen) atoms. The van der Waals surface area contributed by atoms with Crippen LogP contribution in [0.25, 0.3) is 11.0 Å². The number of hydrogen-bond donors (Lipinski definition) is 2. The normalized spacial score (nSPS) is 11.5. The van der Waals surface area contributed by atoms with Crippen LogP contribution in [0.4, 0.5) is 0 Å². The number of halogens is 1. The first kappa shape index (κ1) is 22.2. The van der Waals surface area contributed by atoms with E-state index in [-0.39, 0.29) is 24.0 Å². The maximum Gasteiger partial charge on any atom is 0.191 e. The summed E-state index contributed by atoms with van der Waals surface area (Å²) in [5.41, 5.74) is 4.71. The molecule has 0 atom stereocenters. The van der Waals surface area contributed by atoms with Gasteiger partial charge in [0, 0.05) is 26.7 Å². The van der Waals surface area contributed by atoms with Gasteiger partial charge in [0.05, 0.1) is 17.4 Å². The fraction of sp³-hybridized carbons (Fsp3) is 0.364. The lowest BCUT2D eigenvalue weighted by Gasteiger charge is -2.13. The first-order valence-electron chi connectivity index (χ1n) is 9.58. The number of nitrogens with one attached hydrogen (secondary N) is 2. The number of para-hydroxylation sites is 2. The highest BCUT2D eigenvalue weighted by atomic mass is 127. The lowest BCUT2D eigenvalue weighted by molar-refractivity contribution is 0.573. The molecule has 1 heterocycles. The quantitative estimate of drug-likeness (QED) is 0.293. The Morgan fingerprint density at radius 3 is 2.46 bits per heavy atom. The fourth-order valence-corrected chi connectivity index (χ4v) is 2.98. The maximum atomic E-state index is 4.46. The number of nitrogens with zero attached hydrogens (tertiary/aromatic N) is 3. The van der Waals surface area contributed by atoms with Crippen LogP contribution in [0.3, 0.4) is 0 Å². The second kappa shape index (κ2) is 11.0. The van der Waals surface area contributed by atoms with Gasteiger partial charge in [0.1, 0.15) is 0 Å². The minimum absolute atomic E-state index is 0. The van der Waals surface area contributed by atoms with Crippen LogP contribution in [-0.2, 0) is 13.1 Å². The summed E-state index contributed by atoms with van der Waals surface area (Å²) in [5.74, 6) is 1.54. The molecule has 1 aromatic heterocycles. The Kier molecular flexibility index (Phi) is 8.76. The zero-order valence-electron chi connectivity index (χ0n) is 16.9. The third-order valence-corrected chi connectivity index (χ3v) is 4.60. The Morgan fingerprint density at radius 1 is 1.04 bits per heavy atom. The summed E-state index contributed by atoms with van der Waals surface area (Å²) < 4.78 is 2.18. The molecule has 2 aromatic carbocycles. The third kappa shape index (κ3) is 6.22. The molecule has 0 bridgehead atoms. The number of aromatic nitrogens is 2. The Morgan fingerprint density at radius 2 is 1.75 bits per heavy atom. The molecule has 0 aliphatic carbocycles. The molecule has 3 aromatic rings. The van der Waals surface area contributed by atoms with Gasteiger partial charge < -0.3 is 15.2 Å². The van der Waals surface area contributed by atoms with Gasteiger partial charge in [-0.25, -0.2) is 4.98 Å². The van der Waals surface area contributed by atoms with E-state index in [1.165, 1.54) is 16.6 Å². The second-order valence-electron chi connectivity index (χ2n) is 7.21. The van der Waals surface area contributed by atoms with Gasteiger partial charge in [-0.2, -0.15) is 0 Å². The number of aliphatic imine (C=N–C) groups is 1. The monoisotopic (exact) mass is 491 g/mol. The van der Waals surface area contributed by atoms with Crippen molar-refractivity contribution in [2.75, 3.05) is 13.6 Å². The Hall–Kier alpha value is -2.09. The van der Waals surface area contributed by atoms with Gasteiger partial charge in [0.25, 0.3) is 0 Å². The minimum atomic E-state index is 0. The molecule has 5 nitrogen and oxygen atoms in total. The van der Waals surface area contributed by atoms with E-state index in [1.54, 1.807) is 0 Å². The molecule has 0 radical (unpaired) electrons. The Balaban J connectivity index is 0.00000280. The van der Waals surface area contributed by atoms with E-state index in [0.29, 0.717) is 5.92 Å². The van der Waals surface area contributed by atoms with Crippen molar-refractivity contribution in [3.8, 4) is 0 Å². The van der Waals surface area contributed by atoms with Crippen molar-refractivity contribution in [3.63, 3.8) is 0 Å². The molecule has 0 unspecified atom stereocenters. The smallest absolute Gasteiger partial charge is 0.191 e. The summed E-state index contributed by atoms with van der Waals surface area (Å²) in [6.45, 7) is 6.98. The summed E-state index contributed by atoms with van der Waals surface area (Å²) in [5, 5.41) is 6.73. The van der Waals surface area contributed by atoms with Crippen LogP contribution in [0.15, 0.2) is 59.9 Å². The molecular formula is C22H30IN5. The van der Waals surface area contributed by atoms with Crippen LogP contribution < -0.4 is 10.6 Å². The SMILES string of the molecule is CN=C(NCCC(C)C)NCc1ccc(Cn2cnc3ccccc32)cc1.I. The number of imidazole rings is 1. The summed E-state index contributed by atoms with van der Waals surface area (Å²) in [7, 11) is 1.81. The number of benzene rings is 2. The molecule has 0 aliphatic rings. The van der Waals surface area contributed by atoms with Crippen LogP contribution in [0.5, 0.6) is 0 Å². The fourth-order valence-electron chi connectivity index (χ4n) is 2.98. The van der Waals surface area contributed by atoms with Crippen LogP contribution >= 0.6 is 24.0 Å². The topological polar surface area (TPSA) is 54.2 Å². The highest BCUT2D eigenvalue weighted by Gasteiger charge is 2.03. The Bertz CT molecular complexity index is 883. The molecule has 0 saturated heterocycles. The number of rotatable bonds is 7. The second-order valence-corrected chi connectivity index (χ2v) is 7.21. The predicted octanol–water partition coefficient (Wildman–Crippen LogP) is 4.41. The molecular weight excluding hydrogens is 461 g/mol. The highest BCUT2D eigenvalue weighted by Crippen LogP contribution is 2.14. The summed E-state index contributed by atoms with van der Waals surface area (Å²) in [6.07, 6.45) is 3.05. The van der Waals surface area contributed by atoms with E-state index in [2.05, 4.69) is 75.4 Å². The van der Waals surface area contributed by atoms with Crippen LogP contribution in [0.2, 0.25) is 0 Å². The van der Waals surface area contributed by atoms with E-state index >= 15 is 0 Å². The van der Waals surface area contributed by atoms with Crippen molar-refractivity contribution in [1.82, 2.24) is 20.2 Å². The van der Waals surface area contributed by atoms with Gasteiger partial charge in [-0.1, -0.05) is 50.2 Å². The molecule has 0 amide bonds. The number of hydrogen-bond acceptors (Lipinski definition) is 2. The molecule has 0 aliphatic heterocycles. The molecule has 6 heteroatoms.